The van der Waals surface area contributed by atoms with Gasteiger partial charge in [-0.1, -0.05) is 45.0 Å². The number of nitrogens with one attached hydrogen (secondary N) is 2. The van der Waals surface area contributed by atoms with Crippen molar-refractivity contribution in [1.29, 1.82) is 5.41 Å². The first-order valence-corrected chi connectivity index (χ1v) is 11.7. The van der Waals surface area contributed by atoms with Gasteiger partial charge in [-0.15, -0.1) is 0 Å². The minimum absolute atomic E-state index is 0.00981. The number of nitrogens with zero attached hydrogens (tertiary/aromatic N) is 2. The lowest BCUT2D eigenvalue weighted by Crippen LogP contribution is -2.53. The van der Waals surface area contributed by atoms with Gasteiger partial charge in [-0.25, -0.2) is 4.68 Å². The lowest BCUT2D eigenvalue weighted by atomic mass is 9.89. The summed E-state index contributed by atoms with van der Waals surface area (Å²) in [5.74, 6) is -14.1. The zero-order chi connectivity index (χ0) is 31.0. The SMILES string of the molecule is CC(C(=O)N/C(O)=C(\F)C(=N)CC(C)(C)C)c1ccc(-c2nn(C(C(O)(O)O)C(O)(O)O)c(N)c2C(N)=O)cc1. The Balaban J connectivity index is 2.40. The van der Waals surface area contributed by atoms with Crippen LogP contribution in [0.25, 0.3) is 11.3 Å². The summed E-state index contributed by atoms with van der Waals surface area (Å²) in [4.78, 5) is 24.7. The van der Waals surface area contributed by atoms with E-state index in [2.05, 4.69) is 5.10 Å². The number of hydrogen-bond donors (Lipinski definition) is 11. The number of aliphatic hydroxyl groups is 7. The highest BCUT2D eigenvalue weighted by atomic mass is 19.1. The summed E-state index contributed by atoms with van der Waals surface area (Å²) in [5, 5.41) is 80.7. The van der Waals surface area contributed by atoms with E-state index >= 15 is 0 Å². The first-order valence-electron chi connectivity index (χ1n) is 11.7. The number of halogens is 1. The van der Waals surface area contributed by atoms with Crippen LogP contribution in [0, 0.1) is 10.8 Å². The molecule has 1 atom stereocenters. The number of allylic oxidation sites excluding steroid dienone is 1. The molecule has 13 N–H and O–H groups in total. The summed E-state index contributed by atoms with van der Waals surface area (Å²) in [5.41, 5.74) is 9.78. The molecule has 0 aliphatic rings. The van der Waals surface area contributed by atoms with Crippen LogP contribution in [0.1, 0.15) is 62.0 Å². The smallest absolute Gasteiger partial charge is 0.307 e. The van der Waals surface area contributed by atoms with Crippen LogP contribution < -0.4 is 16.8 Å². The predicted octanol–water partition coefficient (Wildman–Crippen LogP) is -0.594. The molecular formula is C24H33FN6O9. The number of aromatic nitrogens is 2. The van der Waals surface area contributed by atoms with E-state index in [0.717, 1.165) is 0 Å². The molecule has 1 aromatic carbocycles. The Hall–Kier alpha value is -3.93. The van der Waals surface area contributed by atoms with Gasteiger partial charge in [0.25, 0.3) is 5.91 Å². The highest BCUT2D eigenvalue weighted by molar-refractivity contribution is 6.03. The third-order valence-electron chi connectivity index (χ3n) is 5.67. The van der Waals surface area contributed by atoms with Crippen molar-refractivity contribution in [3.63, 3.8) is 0 Å². The van der Waals surface area contributed by atoms with Gasteiger partial charge in [-0.2, -0.15) is 9.49 Å². The van der Waals surface area contributed by atoms with Crippen LogP contribution in [0.2, 0.25) is 0 Å². The molecule has 0 bridgehead atoms. The highest BCUT2D eigenvalue weighted by Crippen LogP contribution is 2.35. The number of rotatable bonds is 10. The van der Waals surface area contributed by atoms with E-state index in [1.807, 2.05) is 5.32 Å². The average molecular weight is 569 g/mol. The molecule has 1 heterocycles. The Labute approximate surface area is 227 Å². The largest absolute Gasteiger partial charge is 0.492 e. The molecule has 0 fully saturated rings. The first kappa shape index (κ1) is 32.3. The highest BCUT2D eigenvalue weighted by Gasteiger charge is 2.51. The summed E-state index contributed by atoms with van der Waals surface area (Å²) < 4.78 is 14.5. The molecule has 2 amide bonds. The van der Waals surface area contributed by atoms with Gasteiger partial charge in [-0.05, 0) is 24.3 Å². The van der Waals surface area contributed by atoms with E-state index in [4.69, 9.17) is 16.9 Å². The molecule has 0 spiro atoms. The molecule has 0 saturated heterocycles. The third-order valence-corrected chi connectivity index (χ3v) is 5.67. The Morgan fingerprint density at radius 3 is 2.00 bits per heavy atom. The number of nitrogens with two attached hydrogens (primary N) is 2. The standard InChI is InChI=1S/C24H33FN6O9/c1-10(19(33)29-20(34)15(25)13(26)9-22(2,3)4)11-5-7-12(8-6-11)16-14(18(28)32)17(27)31(30-16)21(23(35,36)37)24(38,39)40/h5-8,10,21,26,34-40H,9,27H2,1-4H3,(H2,28,32)(H,29,33)/b20-15+,26-13?. The number of hydrogen-bond acceptors (Lipinski definition) is 12. The zero-order valence-corrected chi connectivity index (χ0v) is 22.0. The number of primary amides is 1. The summed E-state index contributed by atoms with van der Waals surface area (Å²) in [6.45, 7) is 6.77. The number of benzene rings is 1. The molecule has 0 aliphatic carbocycles. The van der Waals surface area contributed by atoms with Gasteiger partial charge in [0, 0.05) is 5.56 Å². The summed E-state index contributed by atoms with van der Waals surface area (Å²) >= 11 is 0. The summed E-state index contributed by atoms with van der Waals surface area (Å²) in [7, 11) is 0. The Bertz CT molecular complexity index is 1300. The number of carbonyl (C=O) groups excluding carboxylic acids is 2. The Morgan fingerprint density at radius 1 is 1.07 bits per heavy atom. The lowest BCUT2D eigenvalue weighted by Gasteiger charge is -2.32. The van der Waals surface area contributed by atoms with E-state index in [0.29, 0.717) is 5.56 Å². The van der Waals surface area contributed by atoms with Crippen molar-refractivity contribution in [2.75, 3.05) is 5.73 Å². The Kier molecular flexibility index (Phi) is 9.10. The predicted molar refractivity (Wildman–Crippen MR) is 138 cm³/mol. The van der Waals surface area contributed by atoms with Gasteiger partial charge >= 0.3 is 11.9 Å². The minimum Gasteiger partial charge on any atom is -0.492 e. The maximum absolute atomic E-state index is 14.4. The van der Waals surface area contributed by atoms with Gasteiger partial charge in [0.05, 0.1) is 11.6 Å². The van der Waals surface area contributed by atoms with Gasteiger partial charge < -0.3 is 52.6 Å². The first-order chi connectivity index (χ1) is 18.1. The quantitative estimate of drug-likeness (QED) is 0.0978. The fourth-order valence-electron chi connectivity index (χ4n) is 3.79. The number of nitrogen functional groups attached to an aromatic ring is 1. The molecule has 2 rings (SSSR count). The maximum Gasteiger partial charge on any atom is 0.307 e. The number of anilines is 1. The van der Waals surface area contributed by atoms with Crippen molar-refractivity contribution in [3.05, 3.63) is 47.1 Å². The number of amides is 2. The van der Waals surface area contributed by atoms with Crippen LogP contribution in [0.5, 0.6) is 0 Å². The van der Waals surface area contributed by atoms with Crippen molar-refractivity contribution >= 4 is 23.3 Å². The number of aliphatic hydroxyl groups excluding tert-OH is 1. The summed E-state index contributed by atoms with van der Waals surface area (Å²) in [6.07, 6.45) is 0.00981. The molecule has 1 aromatic heterocycles. The van der Waals surface area contributed by atoms with Crippen molar-refractivity contribution in [2.24, 2.45) is 11.1 Å². The molecule has 2 aromatic rings. The van der Waals surface area contributed by atoms with Gasteiger partial charge in [0.2, 0.25) is 23.7 Å². The zero-order valence-electron chi connectivity index (χ0n) is 22.0. The molecule has 40 heavy (non-hydrogen) atoms. The molecule has 16 heteroatoms. The van der Waals surface area contributed by atoms with E-state index in [9.17, 15) is 49.7 Å². The third kappa shape index (κ3) is 7.38. The van der Waals surface area contributed by atoms with Crippen LogP contribution >= 0.6 is 0 Å². The van der Waals surface area contributed by atoms with Gasteiger partial charge in [0.15, 0.2) is 0 Å². The summed E-state index contributed by atoms with van der Waals surface area (Å²) in [6, 6.07) is 2.62. The second kappa shape index (κ2) is 11.3. The van der Waals surface area contributed by atoms with Crippen LogP contribution in [0.15, 0.2) is 36.0 Å². The van der Waals surface area contributed by atoms with E-state index in [-0.39, 0.29) is 22.4 Å². The molecule has 0 saturated carbocycles. The van der Waals surface area contributed by atoms with E-state index in [1.165, 1.54) is 31.2 Å². The van der Waals surface area contributed by atoms with Crippen LogP contribution in [-0.2, 0) is 4.79 Å². The molecule has 220 valence electrons. The number of carbonyl (C=O) groups is 2. The van der Waals surface area contributed by atoms with E-state index in [1.54, 1.807) is 20.8 Å². The monoisotopic (exact) mass is 568 g/mol. The topological polar surface area (TPSA) is 281 Å². The minimum atomic E-state index is -3.98. The molecule has 0 radical (unpaired) electrons. The lowest BCUT2D eigenvalue weighted by molar-refractivity contribution is -0.431. The van der Waals surface area contributed by atoms with Crippen molar-refractivity contribution in [1.82, 2.24) is 15.1 Å². The Morgan fingerprint density at radius 2 is 1.57 bits per heavy atom. The average Bonchev–Trinajstić information content (AvgIpc) is 3.11. The second-order valence-electron chi connectivity index (χ2n) is 10.4. The molecule has 15 nitrogen and oxygen atoms in total. The van der Waals surface area contributed by atoms with Gasteiger partial charge in [0.1, 0.15) is 17.1 Å². The van der Waals surface area contributed by atoms with Crippen molar-refractivity contribution < 1.29 is 49.7 Å². The van der Waals surface area contributed by atoms with Crippen LogP contribution in [0.4, 0.5) is 10.2 Å². The van der Waals surface area contributed by atoms with Crippen molar-refractivity contribution in [2.45, 2.75) is 58.0 Å². The fraction of sp³-hybridized carbons (Fsp3) is 0.417. The molecule has 0 aliphatic heterocycles. The maximum atomic E-state index is 14.4. The second-order valence-corrected chi connectivity index (χ2v) is 10.4. The molecule has 1 unspecified atom stereocenters. The molecular weight excluding hydrogens is 535 g/mol. The van der Waals surface area contributed by atoms with Crippen LogP contribution in [-0.4, -0.2) is 75.0 Å². The van der Waals surface area contributed by atoms with E-state index < -0.39 is 69.9 Å². The van der Waals surface area contributed by atoms with Crippen molar-refractivity contribution in [3.8, 4) is 11.3 Å². The van der Waals surface area contributed by atoms with Gasteiger partial charge in [-0.3, -0.25) is 14.9 Å². The fourth-order valence-corrected chi connectivity index (χ4v) is 3.79. The van der Waals surface area contributed by atoms with Crippen LogP contribution in [0.3, 0.4) is 0 Å². The normalized spacial score (nSPS) is 14.1.